The first-order chi connectivity index (χ1) is 9.97. The zero-order chi connectivity index (χ0) is 17.1. The number of benzene rings is 1. The van der Waals surface area contributed by atoms with Gasteiger partial charge in [0.25, 0.3) is 0 Å². The average Bonchev–Trinajstić information content (AvgIpc) is 2.42. The third-order valence-corrected chi connectivity index (χ3v) is 9.10. The number of carbonyl (C=O) groups excluding carboxylic acids is 1. The molecule has 0 aromatic heterocycles. The van der Waals surface area contributed by atoms with Gasteiger partial charge in [0, 0.05) is 14.1 Å². The maximum atomic E-state index is 12.5. The maximum Gasteiger partial charge on any atom is 0.227 e. The highest BCUT2D eigenvalue weighted by atomic mass is 28.4. The monoisotopic (exact) mass is 321 g/mol. The van der Waals surface area contributed by atoms with Crippen molar-refractivity contribution in [2.24, 2.45) is 5.92 Å². The van der Waals surface area contributed by atoms with E-state index in [9.17, 15) is 4.79 Å². The topological polar surface area (TPSA) is 29.5 Å². The predicted molar refractivity (Wildman–Crippen MR) is 95.3 cm³/mol. The Bertz CT molecular complexity index is 492. The van der Waals surface area contributed by atoms with Crippen molar-refractivity contribution in [2.45, 2.75) is 51.9 Å². The fourth-order valence-corrected chi connectivity index (χ4v) is 3.46. The molecule has 1 aromatic carbocycles. The zero-order valence-electron chi connectivity index (χ0n) is 15.3. The number of hydrogen-bond donors (Lipinski definition) is 0. The van der Waals surface area contributed by atoms with Gasteiger partial charge in [-0.2, -0.15) is 0 Å². The summed E-state index contributed by atoms with van der Waals surface area (Å²) in [4.78, 5) is 14.1. The van der Waals surface area contributed by atoms with E-state index in [4.69, 9.17) is 4.43 Å². The minimum Gasteiger partial charge on any atom is -0.409 e. The number of hydrogen-bond acceptors (Lipinski definition) is 2. The molecule has 0 radical (unpaired) electrons. The third-order valence-electron chi connectivity index (χ3n) is 4.64. The van der Waals surface area contributed by atoms with Crippen LogP contribution < -0.4 is 0 Å². The maximum absolute atomic E-state index is 12.5. The molecule has 0 aliphatic rings. The molecule has 2 atom stereocenters. The van der Waals surface area contributed by atoms with Gasteiger partial charge in [0.15, 0.2) is 8.32 Å². The van der Waals surface area contributed by atoms with E-state index in [0.29, 0.717) is 0 Å². The molecule has 1 rings (SSSR count). The third kappa shape index (κ3) is 4.43. The lowest BCUT2D eigenvalue weighted by molar-refractivity contribution is -0.135. The van der Waals surface area contributed by atoms with E-state index in [1.807, 2.05) is 25.1 Å². The molecular weight excluding hydrogens is 290 g/mol. The number of carbonyl (C=O) groups is 1. The Balaban J connectivity index is 3.16. The summed E-state index contributed by atoms with van der Waals surface area (Å²) in [5.41, 5.74) is 1.08. The second-order valence-electron chi connectivity index (χ2n) is 7.73. The SMILES string of the molecule is C[C@@H](C(=O)N(C)C)[C@H](O[Si](C)(C)C(C)(C)C)c1ccccc1. The molecule has 0 saturated carbocycles. The van der Waals surface area contributed by atoms with E-state index in [1.54, 1.807) is 19.0 Å². The Morgan fingerprint density at radius 1 is 1.14 bits per heavy atom. The zero-order valence-corrected chi connectivity index (χ0v) is 16.3. The first-order valence-electron chi connectivity index (χ1n) is 7.91. The minimum atomic E-state index is -1.96. The largest absolute Gasteiger partial charge is 0.409 e. The second kappa shape index (κ2) is 6.96. The second-order valence-corrected chi connectivity index (χ2v) is 12.5. The molecule has 124 valence electrons. The highest BCUT2D eigenvalue weighted by Gasteiger charge is 2.41. The van der Waals surface area contributed by atoms with Gasteiger partial charge in [-0.3, -0.25) is 4.79 Å². The lowest BCUT2D eigenvalue weighted by Gasteiger charge is -2.41. The Labute approximate surface area is 136 Å². The molecule has 0 N–H and O–H groups in total. The van der Waals surface area contributed by atoms with Gasteiger partial charge in [-0.25, -0.2) is 0 Å². The van der Waals surface area contributed by atoms with Crippen molar-refractivity contribution in [3.8, 4) is 0 Å². The van der Waals surface area contributed by atoms with Crippen LogP contribution in [0.15, 0.2) is 30.3 Å². The fraction of sp³-hybridized carbons (Fsp3) is 0.611. The van der Waals surface area contributed by atoms with E-state index in [-0.39, 0.29) is 23.0 Å². The Hall–Kier alpha value is -1.13. The first-order valence-corrected chi connectivity index (χ1v) is 10.8. The van der Waals surface area contributed by atoms with Gasteiger partial charge in [-0.05, 0) is 23.7 Å². The summed E-state index contributed by atoms with van der Waals surface area (Å²) in [5.74, 6) is -0.0981. The van der Waals surface area contributed by atoms with Crippen LogP contribution >= 0.6 is 0 Å². The van der Waals surface area contributed by atoms with Crippen molar-refractivity contribution < 1.29 is 9.22 Å². The van der Waals surface area contributed by atoms with Gasteiger partial charge < -0.3 is 9.33 Å². The van der Waals surface area contributed by atoms with Crippen molar-refractivity contribution in [1.29, 1.82) is 0 Å². The van der Waals surface area contributed by atoms with E-state index in [0.717, 1.165) is 5.56 Å². The number of rotatable bonds is 5. The molecule has 1 amide bonds. The summed E-state index contributed by atoms with van der Waals surface area (Å²) >= 11 is 0. The van der Waals surface area contributed by atoms with E-state index >= 15 is 0 Å². The number of amides is 1. The summed E-state index contributed by atoms with van der Waals surface area (Å²) in [6, 6.07) is 10.1. The lowest BCUT2D eigenvalue weighted by Crippen LogP contribution is -2.44. The molecule has 0 spiro atoms. The molecule has 1 aromatic rings. The molecule has 0 heterocycles. The molecule has 22 heavy (non-hydrogen) atoms. The van der Waals surface area contributed by atoms with Crippen molar-refractivity contribution >= 4 is 14.2 Å². The van der Waals surface area contributed by atoms with Crippen LogP contribution in [-0.4, -0.2) is 33.2 Å². The van der Waals surface area contributed by atoms with E-state index in [2.05, 4.69) is 46.0 Å². The molecule has 0 unspecified atom stereocenters. The summed E-state index contributed by atoms with van der Waals surface area (Å²) in [6.07, 6.45) is -0.197. The summed E-state index contributed by atoms with van der Waals surface area (Å²) in [5, 5.41) is 0.112. The summed E-state index contributed by atoms with van der Waals surface area (Å²) in [6.45, 7) is 13.1. The average molecular weight is 322 g/mol. The highest BCUT2D eigenvalue weighted by Crippen LogP contribution is 2.41. The highest BCUT2D eigenvalue weighted by molar-refractivity contribution is 6.74. The van der Waals surface area contributed by atoms with Gasteiger partial charge in [-0.1, -0.05) is 58.0 Å². The van der Waals surface area contributed by atoms with Gasteiger partial charge in [0.2, 0.25) is 5.91 Å². The van der Waals surface area contributed by atoms with Gasteiger partial charge >= 0.3 is 0 Å². The van der Waals surface area contributed by atoms with Crippen LogP contribution in [-0.2, 0) is 9.22 Å². The molecular formula is C18H31NO2Si. The molecule has 0 bridgehead atoms. The Morgan fingerprint density at radius 3 is 2.05 bits per heavy atom. The fourth-order valence-electron chi connectivity index (χ4n) is 2.13. The van der Waals surface area contributed by atoms with Crippen LogP contribution in [0.5, 0.6) is 0 Å². The van der Waals surface area contributed by atoms with Gasteiger partial charge in [0.1, 0.15) is 0 Å². The van der Waals surface area contributed by atoms with E-state index < -0.39 is 8.32 Å². The van der Waals surface area contributed by atoms with Crippen LogP contribution in [0.2, 0.25) is 18.1 Å². The van der Waals surface area contributed by atoms with Crippen molar-refractivity contribution in [1.82, 2.24) is 4.90 Å². The van der Waals surface area contributed by atoms with Gasteiger partial charge in [-0.15, -0.1) is 0 Å². The van der Waals surface area contributed by atoms with Crippen molar-refractivity contribution in [3.05, 3.63) is 35.9 Å². The van der Waals surface area contributed by atoms with E-state index in [1.165, 1.54) is 0 Å². The van der Waals surface area contributed by atoms with Gasteiger partial charge in [0.05, 0.1) is 12.0 Å². The predicted octanol–water partition coefficient (Wildman–Crippen LogP) is 4.47. The Kier molecular flexibility index (Phi) is 5.99. The van der Waals surface area contributed by atoms with Crippen molar-refractivity contribution in [2.75, 3.05) is 14.1 Å². The molecule has 4 heteroatoms. The molecule has 0 aliphatic carbocycles. The molecule has 3 nitrogen and oxygen atoms in total. The minimum absolute atomic E-state index is 0.104. The quantitative estimate of drug-likeness (QED) is 0.749. The molecule has 0 fully saturated rings. The van der Waals surface area contributed by atoms with Crippen LogP contribution in [0.3, 0.4) is 0 Å². The smallest absolute Gasteiger partial charge is 0.227 e. The normalized spacial score (nSPS) is 15.3. The molecule has 0 aliphatic heterocycles. The first kappa shape index (κ1) is 18.9. The van der Waals surface area contributed by atoms with Crippen molar-refractivity contribution in [3.63, 3.8) is 0 Å². The Morgan fingerprint density at radius 2 is 1.64 bits per heavy atom. The van der Waals surface area contributed by atoms with Crippen LogP contribution in [0, 0.1) is 5.92 Å². The summed E-state index contributed by atoms with van der Waals surface area (Å²) < 4.78 is 6.61. The van der Waals surface area contributed by atoms with Crippen LogP contribution in [0.1, 0.15) is 39.4 Å². The lowest BCUT2D eigenvalue weighted by atomic mass is 9.96. The number of nitrogens with zero attached hydrogens (tertiary/aromatic N) is 1. The summed E-state index contributed by atoms with van der Waals surface area (Å²) in [7, 11) is 1.63. The van der Waals surface area contributed by atoms with Crippen LogP contribution in [0.25, 0.3) is 0 Å². The van der Waals surface area contributed by atoms with Crippen LogP contribution in [0.4, 0.5) is 0 Å². The standard InChI is InChI=1S/C18H31NO2Si/c1-14(17(20)19(5)6)16(15-12-10-9-11-13-15)21-22(7,8)18(2,3)4/h9-14,16H,1-8H3/t14-,16+/m1/s1. The molecule has 0 saturated heterocycles.